The largest absolute Gasteiger partial charge is 0.447 e. The molecular weight excluding hydrogens is 422 g/mol. The van der Waals surface area contributed by atoms with Gasteiger partial charge in [-0.25, -0.2) is 4.79 Å². The molecule has 26 heavy (non-hydrogen) atoms. The number of nitrogens with one attached hydrogen (secondary N) is 1. The molecule has 1 aliphatic heterocycles. The first kappa shape index (κ1) is 21.1. The molecule has 1 saturated heterocycles. The number of aliphatic hydroxyl groups is 1. The van der Waals surface area contributed by atoms with Crippen LogP contribution < -0.4 is 11.1 Å². The maximum atomic E-state index is 10.8. The Bertz CT molecular complexity index is 789. The summed E-state index contributed by atoms with van der Waals surface area (Å²) < 4.78 is 4.76. The fraction of sp³-hybridized carbons (Fsp3) is 0.235. The summed E-state index contributed by atoms with van der Waals surface area (Å²) in [5.74, 6) is 0. The number of amides is 1. The molecule has 5 nitrogen and oxygen atoms in total. The number of aliphatic hydroxyl groups excluding tert-OH is 1. The zero-order chi connectivity index (χ0) is 19.3. The van der Waals surface area contributed by atoms with Crippen molar-refractivity contribution in [2.45, 2.75) is 12.1 Å². The van der Waals surface area contributed by atoms with Crippen LogP contribution in [0.3, 0.4) is 0 Å². The minimum atomic E-state index is -0.402. The van der Waals surface area contributed by atoms with Crippen LogP contribution in [0.15, 0.2) is 36.4 Å². The lowest BCUT2D eigenvalue weighted by Crippen LogP contribution is -2.18. The van der Waals surface area contributed by atoms with Gasteiger partial charge >= 0.3 is 6.09 Å². The van der Waals surface area contributed by atoms with E-state index in [4.69, 9.17) is 62.0 Å². The van der Waals surface area contributed by atoms with Crippen LogP contribution in [0.1, 0.15) is 23.2 Å². The van der Waals surface area contributed by atoms with Crippen molar-refractivity contribution in [1.29, 1.82) is 0 Å². The Balaban J connectivity index is 0.000000190. The third-order valence-electron chi connectivity index (χ3n) is 3.59. The van der Waals surface area contributed by atoms with E-state index in [0.29, 0.717) is 26.7 Å². The third kappa shape index (κ3) is 5.64. The first-order valence-electron chi connectivity index (χ1n) is 7.51. The molecule has 0 aromatic heterocycles. The minimum Gasteiger partial charge on any atom is -0.447 e. The van der Waals surface area contributed by atoms with Crippen LogP contribution >= 0.6 is 46.4 Å². The van der Waals surface area contributed by atoms with Crippen molar-refractivity contribution in [3.63, 3.8) is 0 Å². The zero-order valence-electron chi connectivity index (χ0n) is 13.4. The lowest BCUT2D eigenvalue weighted by Gasteiger charge is -2.08. The van der Waals surface area contributed by atoms with Gasteiger partial charge in [-0.1, -0.05) is 58.5 Å². The predicted octanol–water partition coefficient (Wildman–Crippen LogP) is 4.76. The molecular formula is C17H16Cl4N2O3. The van der Waals surface area contributed by atoms with Gasteiger partial charge in [-0.15, -0.1) is 0 Å². The van der Waals surface area contributed by atoms with E-state index >= 15 is 0 Å². The second kappa shape index (κ2) is 9.65. The van der Waals surface area contributed by atoms with Crippen LogP contribution in [0.25, 0.3) is 0 Å². The van der Waals surface area contributed by atoms with Crippen molar-refractivity contribution in [1.82, 2.24) is 5.32 Å². The van der Waals surface area contributed by atoms with Gasteiger partial charge in [-0.3, -0.25) is 0 Å². The Labute approximate surface area is 170 Å². The highest BCUT2D eigenvalue weighted by Gasteiger charge is 2.23. The van der Waals surface area contributed by atoms with Crippen LogP contribution in [0.4, 0.5) is 4.79 Å². The average molecular weight is 438 g/mol. The monoisotopic (exact) mass is 436 g/mol. The number of hydrogen-bond acceptors (Lipinski definition) is 4. The average Bonchev–Trinajstić information content (AvgIpc) is 3.06. The van der Waals surface area contributed by atoms with Gasteiger partial charge in [-0.2, -0.15) is 0 Å². The quantitative estimate of drug-likeness (QED) is 0.646. The molecule has 3 rings (SSSR count). The fourth-order valence-corrected chi connectivity index (χ4v) is 2.75. The summed E-state index contributed by atoms with van der Waals surface area (Å²) >= 11 is 23.0. The molecule has 2 aromatic carbocycles. The maximum absolute atomic E-state index is 10.8. The van der Waals surface area contributed by atoms with E-state index in [1.165, 1.54) is 0 Å². The lowest BCUT2D eigenvalue weighted by molar-refractivity contribution is 0.177. The van der Waals surface area contributed by atoms with Crippen molar-refractivity contribution < 1.29 is 14.6 Å². The number of benzene rings is 2. The minimum absolute atomic E-state index is 0.0992. The topological polar surface area (TPSA) is 84.6 Å². The second-order valence-corrected chi connectivity index (χ2v) is 7.06. The number of rotatable bonds is 3. The highest BCUT2D eigenvalue weighted by molar-refractivity contribution is 6.42. The zero-order valence-corrected chi connectivity index (χ0v) is 16.4. The summed E-state index contributed by atoms with van der Waals surface area (Å²) in [6.07, 6.45) is -0.402. The predicted molar refractivity (Wildman–Crippen MR) is 104 cm³/mol. The standard InChI is InChI=1S/C9H7Cl2NO2.C8H9Cl2NO/c10-6-2-1-5(3-7(6)11)8-4-14-9(13)12-8;9-6-2-1-5(3-7(6)10)8(11)4-12/h1-3,8H,4H2,(H,12,13);1-3,8,12H,4,11H2/t2*8-/m11/s1. The summed E-state index contributed by atoms with van der Waals surface area (Å²) in [5.41, 5.74) is 7.24. The molecule has 1 aliphatic rings. The molecule has 1 heterocycles. The highest BCUT2D eigenvalue weighted by Crippen LogP contribution is 2.27. The summed E-state index contributed by atoms with van der Waals surface area (Å²) in [6.45, 7) is 0.231. The van der Waals surface area contributed by atoms with E-state index in [0.717, 1.165) is 11.1 Å². The first-order valence-corrected chi connectivity index (χ1v) is 9.02. The molecule has 4 N–H and O–H groups in total. The fourth-order valence-electron chi connectivity index (χ4n) is 2.14. The summed E-state index contributed by atoms with van der Waals surface area (Å²) in [7, 11) is 0. The van der Waals surface area contributed by atoms with E-state index in [1.54, 1.807) is 30.3 Å². The van der Waals surface area contributed by atoms with Crippen LogP contribution in [0, 0.1) is 0 Å². The molecule has 1 fully saturated rings. The van der Waals surface area contributed by atoms with Crippen LogP contribution in [0.2, 0.25) is 20.1 Å². The summed E-state index contributed by atoms with van der Waals surface area (Å²) in [6, 6.07) is 9.78. The van der Waals surface area contributed by atoms with Crippen LogP contribution in [-0.4, -0.2) is 24.4 Å². The molecule has 0 unspecified atom stereocenters. The van der Waals surface area contributed by atoms with Crippen molar-refractivity contribution >= 4 is 52.5 Å². The van der Waals surface area contributed by atoms with E-state index in [2.05, 4.69) is 5.32 Å². The SMILES string of the molecule is N[C@H](CO)c1ccc(Cl)c(Cl)c1.O=C1N[C@@H](c2ccc(Cl)c(Cl)c2)CO1. The van der Waals surface area contributed by atoms with Gasteiger partial charge in [0.05, 0.1) is 38.8 Å². The Kier molecular flexibility index (Phi) is 7.83. The number of cyclic esters (lactones) is 1. The van der Waals surface area contributed by atoms with E-state index in [9.17, 15) is 4.79 Å². The van der Waals surface area contributed by atoms with Gasteiger partial charge in [0, 0.05) is 0 Å². The van der Waals surface area contributed by atoms with Crippen LogP contribution in [-0.2, 0) is 4.74 Å². The second-order valence-electron chi connectivity index (χ2n) is 5.43. The smallest absolute Gasteiger partial charge is 0.407 e. The van der Waals surface area contributed by atoms with Gasteiger partial charge < -0.3 is 20.9 Å². The third-order valence-corrected chi connectivity index (χ3v) is 5.07. The van der Waals surface area contributed by atoms with Gasteiger partial charge in [-0.05, 0) is 35.4 Å². The lowest BCUT2D eigenvalue weighted by atomic mass is 10.1. The Hall–Kier alpha value is -1.21. The van der Waals surface area contributed by atoms with Gasteiger partial charge in [0.15, 0.2) is 0 Å². The van der Waals surface area contributed by atoms with E-state index in [-0.39, 0.29) is 18.7 Å². The Morgan fingerprint density at radius 3 is 2.19 bits per heavy atom. The van der Waals surface area contributed by atoms with Crippen LogP contribution in [0.5, 0.6) is 0 Å². The molecule has 9 heteroatoms. The number of alkyl carbamates (subject to hydrolysis) is 1. The number of ether oxygens (including phenoxy) is 1. The van der Waals surface area contributed by atoms with Gasteiger partial charge in [0.25, 0.3) is 0 Å². The van der Waals surface area contributed by atoms with Crippen molar-refractivity contribution in [3.8, 4) is 0 Å². The molecule has 0 radical (unpaired) electrons. The molecule has 0 aliphatic carbocycles. The summed E-state index contributed by atoms with van der Waals surface area (Å²) in [5, 5.41) is 13.3. The van der Waals surface area contributed by atoms with Gasteiger partial charge in [0.2, 0.25) is 0 Å². The molecule has 1 amide bonds. The Morgan fingerprint density at radius 2 is 1.69 bits per heavy atom. The summed E-state index contributed by atoms with van der Waals surface area (Å²) in [4.78, 5) is 10.8. The van der Waals surface area contributed by atoms with Gasteiger partial charge in [0.1, 0.15) is 6.61 Å². The Morgan fingerprint density at radius 1 is 1.08 bits per heavy atom. The molecule has 2 atom stereocenters. The maximum Gasteiger partial charge on any atom is 0.407 e. The van der Waals surface area contributed by atoms with E-state index < -0.39 is 6.09 Å². The van der Waals surface area contributed by atoms with Crippen molar-refractivity contribution in [2.24, 2.45) is 5.73 Å². The molecule has 2 aromatic rings. The highest BCUT2D eigenvalue weighted by atomic mass is 35.5. The number of nitrogens with two attached hydrogens (primary N) is 1. The number of halogens is 4. The molecule has 0 spiro atoms. The molecule has 0 saturated carbocycles. The molecule has 0 bridgehead atoms. The number of hydrogen-bond donors (Lipinski definition) is 3. The van der Waals surface area contributed by atoms with Crippen molar-refractivity contribution in [3.05, 3.63) is 67.6 Å². The first-order chi connectivity index (χ1) is 12.3. The number of carbonyl (C=O) groups excluding carboxylic acids is 1. The molecule has 140 valence electrons. The normalized spacial score (nSPS) is 17.0. The van der Waals surface area contributed by atoms with E-state index in [1.807, 2.05) is 6.07 Å². The number of carbonyl (C=O) groups is 1. The van der Waals surface area contributed by atoms with Crippen molar-refractivity contribution in [2.75, 3.05) is 13.2 Å².